The summed E-state index contributed by atoms with van der Waals surface area (Å²) in [5, 5.41) is 1.08. The first-order chi connectivity index (χ1) is 10.7. The van der Waals surface area contributed by atoms with Gasteiger partial charge in [0.05, 0.1) is 5.52 Å². The minimum atomic E-state index is 0.887. The molecule has 4 rings (SSSR count). The van der Waals surface area contributed by atoms with Gasteiger partial charge in [-0.05, 0) is 24.5 Å². The molecule has 22 heavy (non-hydrogen) atoms. The van der Waals surface area contributed by atoms with Crippen molar-refractivity contribution in [2.24, 2.45) is 0 Å². The summed E-state index contributed by atoms with van der Waals surface area (Å²) in [4.78, 5) is 7.28. The number of fused-ring (bicyclic) bond motifs is 2. The molecule has 0 atom stereocenters. The highest BCUT2D eigenvalue weighted by Gasteiger charge is 2.24. The number of benzene rings is 2. The van der Waals surface area contributed by atoms with Crippen molar-refractivity contribution in [1.29, 1.82) is 0 Å². The van der Waals surface area contributed by atoms with Crippen LogP contribution >= 0.6 is 0 Å². The summed E-state index contributed by atoms with van der Waals surface area (Å²) in [6, 6.07) is 16.8. The van der Waals surface area contributed by atoms with E-state index in [4.69, 9.17) is 10.7 Å². The van der Waals surface area contributed by atoms with Crippen LogP contribution in [-0.2, 0) is 13.0 Å². The third-order valence-electron chi connectivity index (χ3n) is 4.49. The van der Waals surface area contributed by atoms with Crippen LogP contribution in [0.3, 0.4) is 0 Å². The monoisotopic (exact) mass is 289 g/mol. The van der Waals surface area contributed by atoms with Gasteiger partial charge in [-0.2, -0.15) is 0 Å². The Morgan fingerprint density at radius 1 is 1.09 bits per heavy atom. The molecule has 0 bridgehead atoms. The molecule has 1 aliphatic heterocycles. The van der Waals surface area contributed by atoms with Crippen molar-refractivity contribution >= 4 is 22.4 Å². The molecule has 1 aromatic heterocycles. The van der Waals surface area contributed by atoms with Crippen LogP contribution in [0.15, 0.2) is 48.5 Å². The lowest BCUT2D eigenvalue weighted by molar-refractivity contribution is 0.827. The Hall–Kier alpha value is -2.55. The molecule has 0 saturated heterocycles. The van der Waals surface area contributed by atoms with Gasteiger partial charge in [-0.3, -0.25) is 0 Å². The predicted molar refractivity (Wildman–Crippen MR) is 92.1 cm³/mol. The molecule has 0 radical (unpaired) electrons. The molecular formula is C19H19N3. The first-order valence-electron chi connectivity index (χ1n) is 7.70. The van der Waals surface area contributed by atoms with Crippen LogP contribution in [0.4, 0.5) is 11.5 Å². The summed E-state index contributed by atoms with van der Waals surface area (Å²) in [6.45, 7) is 3.96. The van der Waals surface area contributed by atoms with Gasteiger partial charge in [0.1, 0.15) is 5.82 Å². The average Bonchev–Trinajstić information content (AvgIpc) is 2.93. The van der Waals surface area contributed by atoms with Gasteiger partial charge in [-0.1, -0.05) is 48.5 Å². The topological polar surface area (TPSA) is 42.1 Å². The lowest BCUT2D eigenvalue weighted by Crippen LogP contribution is -2.20. The molecule has 2 heterocycles. The summed E-state index contributed by atoms with van der Waals surface area (Å²) in [6.07, 6.45) is 0.977. The Labute approximate surface area is 130 Å². The van der Waals surface area contributed by atoms with E-state index in [9.17, 15) is 0 Å². The van der Waals surface area contributed by atoms with Gasteiger partial charge in [0.2, 0.25) is 0 Å². The Kier molecular flexibility index (Phi) is 3.00. The largest absolute Gasteiger partial charge is 0.398 e. The van der Waals surface area contributed by atoms with Crippen LogP contribution in [0.5, 0.6) is 0 Å². The van der Waals surface area contributed by atoms with E-state index in [0.717, 1.165) is 41.9 Å². The van der Waals surface area contributed by atoms with E-state index >= 15 is 0 Å². The van der Waals surface area contributed by atoms with E-state index in [-0.39, 0.29) is 0 Å². The van der Waals surface area contributed by atoms with E-state index in [1.807, 2.05) is 0 Å². The van der Waals surface area contributed by atoms with E-state index in [1.54, 1.807) is 0 Å². The van der Waals surface area contributed by atoms with Crippen molar-refractivity contribution in [3.63, 3.8) is 0 Å². The Balaban J connectivity index is 1.81. The predicted octanol–water partition coefficient (Wildman–Crippen LogP) is 3.69. The molecule has 0 fully saturated rings. The van der Waals surface area contributed by atoms with Gasteiger partial charge < -0.3 is 10.6 Å². The maximum Gasteiger partial charge on any atom is 0.134 e. The van der Waals surface area contributed by atoms with Crippen LogP contribution in [0, 0.1) is 6.92 Å². The van der Waals surface area contributed by atoms with Crippen molar-refractivity contribution in [2.75, 3.05) is 17.2 Å². The molecule has 0 saturated carbocycles. The van der Waals surface area contributed by atoms with Crippen LogP contribution in [0.25, 0.3) is 10.9 Å². The van der Waals surface area contributed by atoms with Gasteiger partial charge in [-0.25, -0.2) is 4.98 Å². The van der Waals surface area contributed by atoms with Crippen LogP contribution in [-0.4, -0.2) is 11.5 Å². The second kappa shape index (κ2) is 5.02. The molecule has 3 aromatic rings. The fraction of sp³-hybridized carbons (Fsp3) is 0.211. The standard InChI is InChI=1S/C19H19N3/c1-13-6-5-9-15-17(20)16-10-11-22(19(16)21-18(13)15)12-14-7-3-2-4-8-14/h2-9H,10-12H2,1H3,(H2,20,21). The highest BCUT2D eigenvalue weighted by atomic mass is 15.2. The number of aryl methyl sites for hydroxylation is 1. The summed E-state index contributed by atoms with van der Waals surface area (Å²) in [5.74, 6) is 1.06. The second-order valence-electron chi connectivity index (χ2n) is 5.96. The minimum Gasteiger partial charge on any atom is -0.398 e. The Morgan fingerprint density at radius 2 is 1.91 bits per heavy atom. The van der Waals surface area contributed by atoms with Gasteiger partial charge in [0, 0.05) is 29.7 Å². The summed E-state index contributed by atoms with van der Waals surface area (Å²) < 4.78 is 0. The van der Waals surface area contributed by atoms with Crippen molar-refractivity contribution in [2.45, 2.75) is 19.9 Å². The lowest BCUT2D eigenvalue weighted by atomic mass is 10.1. The van der Waals surface area contributed by atoms with E-state index < -0.39 is 0 Å². The fourth-order valence-electron chi connectivity index (χ4n) is 3.30. The fourth-order valence-corrected chi connectivity index (χ4v) is 3.30. The van der Waals surface area contributed by atoms with Crippen molar-refractivity contribution in [3.8, 4) is 0 Å². The lowest BCUT2D eigenvalue weighted by Gasteiger charge is -2.19. The summed E-state index contributed by atoms with van der Waals surface area (Å²) in [5.41, 5.74) is 12.0. The molecule has 110 valence electrons. The zero-order chi connectivity index (χ0) is 15.1. The number of anilines is 2. The molecule has 0 aliphatic carbocycles. The van der Waals surface area contributed by atoms with E-state index in [2.05, 4.69) is 60.4 Å². The molecule has 3 heteroatoms. The Bertz CT molecular complexity index is 840. The molecule has 2 N–H and O–H groups in total. The SMILES string of the molecule is Cc1cccc2c(N)c3c(nc12)N(Cc1ccccc1)CC3. The van der Waals surface area contributed by atoms with Gasteiger partial charge in [-0.15, -0.1) is 0 Å². The van der Waals surface area contributed by atoms with Crippen LogP contribution in [0.1, 0.15) is 16.7 Å². The molecule has 1 aliphatic rings. The summed E-state index contributed by atoms with van der Waals surface area (Å²) in [7, 11) is 0. The molecule has 0 spiro atoms. The van der Waals surface area contributed by atoms with Crippen LogP contribution in [0.2, 0.25) is 0 Å². The second-order valence-corrected chi connectivity index (χ2v) is 5.96. The molecule has 3 nitrogen and oxygen atoms in total. The number of nitrogens with zero attached hydrogens (tertiary/aromatic N) is 2. The molecular weight excluding hydrogens is 270 g/mol. The van der Waals surface area contributed by atoms with Gasteiger partial charge in [0.25, 0.3) is 0 Å². The number of pyridine rings is 1. The number of hydrogen-bond donors (Lipinski definition) is 1. The van der Waals surface area contributed by atoms with Crippen LogP contribution < -0.4 is 10.6 Å². The number of aromatic nitrogens is 1. The number of hydrogen-bond acceptors (Lipinski definition) is 3. The number of nitrogens with two attached hydrogens (primary N) is 1. The highest BCUT2D eigenvalue weighted by molar-refractivity contribution is 5.96. The van der Waals surface area contributed by atoms with Crippen molar-refractivity contribution < 1.29 is 0 Å². The minimum absolute atomic E-state index is 0.887. The number of rotatable bonds is 2. The average molecular weight is 289 g/mol. The zero-order valence-electron chi connectivity index (χ0n) is 12.7. The maximum atomic E-state index is 6.43. The smallest absolute Gasteiger partial charge is 0.134 e. The highest BCUT2D eigenvalue weighted by Crippen LogP contribution is 2.36. The first-order valence-corrected chi connectivity index (χ1v) is 7.70. The van der Waals surface area contributed by atoms with E-state index in [1.165, 1.54) is 16.7 Å². The molecule has 2 aromatic carbocycles. The number of nitrogen functional groups attached to an aromatic ring is 1. The zero-order valence-corrected chi connectivity index (χ0v) is 12.7. The summed E-state index contributed by atoms with van der Waals surface area (Å²) >= 11 is 0. The van der Waals surface area contributed by atoms with Crippen molar-refractivity contribution in [1.82, 2.24) is 4.98 Å². The first kappa shape index (κ1) is 13.1. The maximum absolute atomic E-state index is 6.43. The van der Waals surface area contributed by atoms with Gasteiger partial charge in [0.15, 0.2) is 0 Å². The number of para-hydroxylation sites is 1. The van der Waals surface area contributed by atoms with Gasteiger partial charge >= 0.3 is 0 Å². The van der Waals surface area contributed by atoms with Crippen molar-refractivity contribution in [3.05, 3.63) is 65.2 Å². The third-order valence-corrected chi connectivity index (χ3v) is 4.49. The Morgan fingerprint density at radius 3 is 2.73 bits per heavy atom. The normalized spacial score (nSPS) is 13.6. The molecule has 0 unspecified atom stereocenters. The third kappa shape index (κ3) is 2.01. The quantitative estimate of drug-likeness (QED) is 0.782. The van der Waals surface area contributed by atoms with E-state index in [0.29, 0.717) is 0 Å². The molecule has 0 amide bonds.